The maximum Gasteiger partial charge on any atom is 0.320 e. The second-order valence-corrected chi connectivity index (χ2v) is 4.86. The first-order chi connectivity index (χ1) is 9.56. The molecule has 0 saturated heterocycles. The van der Waals surface area contributed by atoms with E-state index in [1.54, 1.807) is 13.8 Å². The molecule has 0 aliphatic rings. The van der Waals surface area contributed by atoms with E-state index >= 15 is 0 Å². The van der Waals surface area contributed by atoms with E-state index in [4.69, 9.17) is 9.47 Å². The minimum Gasteiger partial charge on any atom is -0.465 e. The van der Waals surface area contributed by atoms with Crippen molar-refractivity contribution in [2.24, 2.45) is 5.92 Å². The predicted molar refractivity (Wildman–Crippen MR) is 78.4 cm³/mol. The van der Waals surface area contributed by atoms with Crippen LogP contribution in [0.2, 0.25) is 0 Å². The Bertz CT molecular complexity index is 263. The molecule has 0 rings (SSSR count). The molecule has 0 aromatic heterocycles. The molecule has 5 nitrogen and oxygen atoms in total. The third-order valence-corrected chi connectivity index (χ3v) is 3.03. The van der Waals surface area contributed by atoms with Gasteiger partial charge in [0, 0.05) is 0 Å². The van der Waals surface area contributed by atoms with E-state index in [-0.39, 0.29) is 13.2 Å². The molecular formula is C15H29NO4. The number of carbonyl (C=O) groups is 2. The average Bonchev–Trinajstić information content (AvgIpc) is 2.39. The highest BCUT2D eigenvalue weighted by molar-refractivity contribution is 5.94. The summed E-state index contributed by atoms with van der Waals surface area (Å²) in [6, 6.07) is 0. The monoisotopic (exact) mass is 287 g/mol. The fourth-order valence-corrected chi connectivity index (χ4v) is 2.04. The van der Waals surface area contributed by atoms with Crippen LogP contribution in [0, 0.1) is 5.92 Å². The number of hydrogen-bond acceptors (Lipinski definition) is 5. The van der Waals surface area contributed by atoms with Gasteiger partial charge in [-0.25, -0.2) is 0 Å². The zero-order chi connectivity index (χ0) is 15.4. The lowest BCUT2D eigenvalue weighted by Crippen LogP contribution is -2.28. The summed E-state index contributed by atoms with van der Waals surface area (Å²) in [5, 5.41) is 0. The highest BCUT2D eigenvalue weighted by Crippen LogP contribution is 2.13. The van der Waals surface area contributed by atoms with E-state index < -0.39 is 17.9 Å². The standard InChI is InChI=1S/C15H29NO4/c1-5-11-16(4)12-9-8-10-13(14(17)19-6-2)15(18)20-7-3/h13H,5-12H2,1-4H3. The Morgan fingerprint density at radius 1 is 0.950 bits per heavy atom. The number of esters is 2. The number of nitrogens with zero attached hydrogens (tertiary/aromatic N) is 1. The van der Waals surface area contributed by atoms with Gasteiger partial charge in [0.2, 0.25) is 0 Å². The Kier molecular flexibility index (Phi) is 11.1. The first kappa shape index (κ1) is 18.9. The molecule has 0 saturated carbocycles. The van der Waals surface area contributed by atoms with Crippen LogP contribution in [0.3, 0.4) is 0 Å². The molecule has 0 aliphatic heterocycles. The van der Waals surface area contributed by atoms with Crippen LogP contribution in [-0.4, -0.2) is 50.2 Å². The summed E-state index contributed by atoms with van der Waals surface area (Å²) in [5.41, 5.74) is 0. The normalized spacial score (nSPS) is 10.9. The molecule has 5 heteroatoms. The van der Waals surface area contributed by atoms with Gasteiger partial charge in [-0.3, -0.25) is 9.59 Å². The van der Waals surface area contributed by atoms with Crippen LogP contribution in [0.25, 0.3) is 0 Å². The number of carbonyl (C=O) groups excluding carboxylic acids is 2. The van der Waals surface area contributed by atoms with E-state index in [9.17, 15) is 9.59 Å². The van der Waals surface area contributed by atoms with Crippen molar-refractivity contribution in [3.05, 3.63) is 0 Å². The molecule has 0 radical (unpaired) electrons. The maximum absolute atomic E-state index is 11.8. The molecule has 118 valence electrons. The highest BCUT2D eigenvalue weighted by atomic mass is 16.6. The summed E-state index contributed by atoms with van der Waals surface area (Å²) < 4.78 is 9.88. The maximum atomic E-state index is 11.8. The lowest BCUT2D eigenvalue weighted by Gasteiger charge is -2.17. The van der Waals surface area contributed by atoms with Crippen molar-refractivity contribution in [3.8, 4) is 0 Å². The van der Waals surface area contributed by atoms with Crippen molar-refractivity contribution >= 4 is 11.9 Å². The summed E-state index contributed by atoms with van der Waals surface area (Å²) in [6.07, 6.45) is 3.41. The van der Waals surface area contributed by atoms with E-state index in [1.807, 2.05) is 0 Å². The first-order valence-electron chi connectivity index (χ1n) is 7.58. The average molecular weight is 287 g/mol. The van der Waals surface area contributed by atoms with Crippen molar-refractivity contribution in [2.45, 2.75) is 46.5 Å². The van der Waals surface area contributed by atoms with Gasteiger partial charge in [-0.15, -0.1) is 0 Å². The van der Waals surface area contributed by atoms with Crippen LogP contribution in [-0.2, 0) is 19.1 Å². The Hall–Kier alpha value is -1.10. The number of rotatable bonds is 11. The number of hydrogen-bond donors (Lipinski definition) is 0. The van der Waals surface area contributed by atoms with Crippen LogP contribution in [0.1, 0.15) is 46.5 Å². The molecule has 0 aliphatic carbocycles. The van der Waals surface area contributed by atoms with Gasteiger partial charge in [0.15, 0.2) is 5.92 Å². The summed E-state index contributed by atoms with van der Waals surface area (Å²) in [6.45, 7) is 8.24. The quantitative estimate of drug-likeness (QED) is 0.331. The largest absolute Gasteiger partial charge is 0.465 e. The second-order valence-electron chi connectivity index (χ2n) is 4.86. The Balaban J connectivity index is 4.16. The molecule has 0 heterocycles. The first-order valence-corrected chi connectivity index (χ1v) is 7.58. The smallest absolute Gasteiger partial charge is 0.320 e. The SMILES string of the molecule is CCCN(C)CCCCC(C(=O)OCC)C(=O)OCC. The molecule has 0 aromatic carbocycles. The van der Waals surface area contributed by atoms with Gasteiger partial charge in [0.1, 0.15) is 0 Å². The van der Waals surface area contributed by atoms with Crippen molar-refractivity contribution in [3.63, 3.8) is 0 Å². The summed E-state index contributed by atoms with van der Waals surface area (Å²) in [5.74, 6) is -1.70. The van der Waals surface area contributed by atoms with Gasteiger partial charge in [-0.05, 0) is 53.2 Å². The zero-order valence-corrected chi connectivity index (χ0v) is 13.3. The van der Waals surface area contributed by atoms with Crippen LogP contribution < -0.4 is 0 Å². The van der Waals surface area contributed by atoms with Crippen LogP contribution in [0.15, 0.2) is 0 Å². The number of unbranched alkanes of at least 4 members (excludes halogenated alkanes) is 1. The minimum atomic E-state index is -0.772. The van der Waals surface area contributed by atoms with Gasteiger partial charge in [-0.1, -0.05) is 13.3 Å². The molecule has 0 amide bonds. The van der Waals surface area contributed by atoms with E-state index in [2.05, 4.69) is 18.9 Å². The van der Waals surface area contributed by atoms with Gasteiger partial charge < -0.3 is 14.4 Å². The molecule has 0 fully saturated rings. The predicted octanol–water partition coefficient (Wildman–Crippen LogP) is 2.24. The van der Waals surface area contributed by atoms with Crippen LogP contribution in [0.5, 0.6) is 0 Å². The van der Waals surface area contributed by atoms with Gasteiger partial charge >= 0.3 is 11.9 Å². The minimum absolute atomic E-state index is 0.286. The van der Waals surface area contributed by atoms with E-state index in [0.717, 1.165) is 32.4 Å². The molecule has 0 bridgehead atoms. The third-order valence-electron chi connectivity index (χ3n) is 3.03. The Morgan fingerprint density at radius 3 is 1.95 bits per heavy atom. The Morgan fingerprint density at radius 2 is 1.50 bits per heavy atom. The van der Waals surface area contributed by atoms with Crippen molar-refractivity contribution in [1.82, 2.24) is 4.90 Å². The van der Waals surface area contributed by atoms with Crippen LogP contribution in [0.4, 0.5) is 0 Å². The summed E-state index contributed by atoms with van der Waals surface area (Å²) >= 11 is 0. The molecule has 0 aromatic rings. The molecule has 20 heavy (non-hydrogen) atoms. The molecule has 0 unspecified atom stereocenters. The van der Waals surface area contributed by atoms with Gasteiger partial charge in [0.25, 0.3) is 0 Å². The third kappa shape index (κ3) is 8.15. The Labute approximate surface area is 122 Å². The van der Waals surface area contributed by atoms with Crippen molar-refractivity contribution in [2.75, 3.05) is 33.4 Å². The zero-order valence-electron chi connectivity index (χ0n) is 13.3. The van der Waals surface area contributed by atoms with Crippen molar-refractivity contribution in [1.29, 1.82) is 0 Å². The van der Waals surface area contributed by atoms with E-state index in [0.29, 0.717) is 6.42 Å². The molecule has 0 spiro atoms. The van der Waals surface area contributed by atoms with Gasteiger partial charge in [0.05, 0.1) is 13.2 Å². The molecular weight excluding hydrogens is 258 g/mol. The van der Waals surface area contributed by atoms with Gasteiger partial charge in [-0.2, -0.15) is 0 Å². The molecule has 0 N–H and O–H groups in total. The summed E-state index contributed by atoms with van der Waals surface area (Å²) in [7, 11) is 2.08. The summed E-state index contributed by atoms with van der Waals surface area (Å²) in [4.78, 5) is 25.8. The molecule has 0 atom stereocenters. The van der Waals surface area contributed by atoms with E-state index in [1.165, 1.54) is 0 Å². The number of ether oxygens (including phenoxy) is 2. The fourth-order valence-electron chi connectivity index (χ4n) is 2.04. The van der Waals surface area contributed by atoms with Crippen LogP contribution >= 0.6 is 0 Å². The lowest BCUT2D eigenvalue weighted by molar-refractivity contribution is -0.161. The van der Waals surface area contributed by atoms with Crippen molar-refractivity contribution < 1.29 is 19.1 Å². The second kappa shape index (κ2) is 11.7. The fraction of sp³-hybridized carbons (Fsp3) is 0.867. The topological polar surface area (TPSA) is 55.8 Å². The lowest BCUT2D eigenvalue weighted by atomic mass is 10.0. The highest BCUT2D eigenvalue weighted by Gasteiger charge is 2.28.